The molecule has 0 saturated carbocycles. The summed E-state index contributed by atoms with van der Waals surface area (Å²) in [6.45, 7) is 2.67. The van der Waals surface area contributed by atoms with E-state index < -0.39 is 11.9 Å². The second-order valence-electron chi connectivity index (χ2n) is 6.00. The van der Waals surface area contributed by atoms with Gasteiger partial charge in [0.1, 0.15) is 5.75 Å². The van der Waals surface area contributed by atoms with Crippen molar-refractivity contribution >= 4 is 103 Å². The molecule has 2 rings (SSSR count). The third kappa shape index (κ3) is 6.03. The van der Waals surface area contributed by atoms with Crippen molar-refractivity contribution in [2.75, 3.05) is 10.6 Å². The van der Waals surface area contributed by atoms with Crippen LogP contribution in [0.5, 0.6) is 5.75 Å². The number of benzene rings is 2. The van der Waals surface area contributed by atoms with Gasteiger partial charge in [0.2, 0.25) is 11.8 Å². The molecule has 0 fully saturated rings. The molecule has 0 aromatic heterocycles. The number of carboxylic acid groups (broad SMARTS) is 1. The Morgan fingerprint density at radius 2 is 1.40 bits per heavy atom. The molecule has 3 N–H and O–H groups in total. The lowest BCUT2D eigenvalue weighted by Gasteiger charge is -2.19. The van der Waals surface area contributed by atoms with Crippen LogP contribution in [0.3, 0.4) is 0 Å². The highest BCUT2D eigenvalue weighted by Crippen LogP contribution is 2.39. The molecule has 0 aliphatic rings. The van der Waals surface area contributed by atoms with Crippen molar-refractivity contribution in [3.8, 4) is 5.75 Å². The average molecular weight is 748 g/mol. The molecule has 0 aliphatic carbocycles. The molecule has 0 saturated heterocycles. The largest absolute Gasteiger partial charge is 0.481 e. The van der Waals surface area contributed by atoms with Crippen LogP contribution < -0.4 is 15.4 Å². The van der Waals surface area contributed by atoms with E-state index >= 15 is 0 Å². The highest BCUT2D eigenvalue weighted by molar-refractivity contribution is 14.1. The number of carboxylic acids is 1. The molecule has 11 heteroatoms. The summed E-state index contributed by atoms with van der Waals surface area (Å²) in [5, 5.41) is 14.4. The summed E-state index contributed by atoms with van der Waals surface area (Å²) in [5.41, 5.74) is 1.24. The SMILES string of the molecule is CC(=O)Nc1c(I)c(NC(C)=O)c(I)c(C(=O)Oc2ccccc2CC(=O)O)c1I. The van der Waals surface area contributed by atoms with Gasteiger partial charge in [-0.3, -0.25) is 14.4 Å². The van der Waals surface area contributed by atoms with Crippen LogP contribution in [0.15, 0.2) is 24.3 Å². The van der Waals surface area contributed by atoms with Gasteiger partial charge >= 0.3 is 11.9 Å². The van der Waals surface area contributed by atoms with E-state index in [0.29, 0.717) is 27.6 Å². The number of ether oxygens (including phenoxy) is 1. The number of halogens is 3. The number of rotatable bonds is 6. The zero-order chi connectivity index (χ0) is 22.6. The van der Waals surface area contributed by atoms with E-state index in [9.17, 15) is 19.2 Å². The standard InChI is InChI=1S/C19H15I3N2O6/c1-8(25)23-17-14(20)13(15(21)18(16(17)22)24-9(2)26)19(29)30-11-6-4-3-5-10(11)7-12(27)28/h3-6H,7H2,1-2H3,(H,23,25)(H,24,26)(H,27,28). The average Bonchev–Trinajstić information content (AvgIpc) is 2.63. The maximum absolute atomic E-state index is 13.1. The molecule has 0 spiro atoms. The molecular formula is C19H15I3N2O6. The van der Waals surface area contributed by atoms with Gasteiger partial charge in [0, 0.05) is 19.4 Å². The van der Waals surface area contributed by atoms with E-state index in [4.69, 9.17) is 9.84 Å². The third-order valence-corrected chi connectivity index (χ3v) is 6.88. The van der Waals surface area contributed by atoms with Crippen molar-refractivity contribution in [2.24, 2.45) is 0 Å². The van der Waals surface area contributed by atoms with Crippen LogP contribution in [0.4, 0.5) is 11.4 Å². The van der Waals surface area contributed by atoms with Crippen LogP contribution >= 0.6 is 67.8 Å². The Morgan fingerprint density at radius 3 is 1.87 bits per heavy atom. The molecule has 0 unspecified atom stereocenters. The number of carbonyl (C=O) groups is 4. The predicted octanol–water partition coefficient (Wildman–Crippen LogP) is 4.26. The molecule has 2 amide bonds. The first-order chi connectivity index (χ1) is 14.0. The summed E-state index contributed by atoms with van der Waals surface area (Å²) in [6, 6.07) is 6.35. The Bertz CT molecular complexity index is 1010. The van der Waals surface area contributed by atoms with Crippen molar-refractivity contribution in [1.29, 1.82) is 0 Å². The Balaban J connectivity index is 2.60. The molecule has 2 aromatic rings. The highest BCUT2D eigenvalue weighted by atomic mass is 127. The fraction of sp³-hybridized carbons (Fsp3) is 0.158. The summed E-state index contributed by atoms with van der Waals surface area (Å²) < 4.78 is 6.95. The number of anilines is 2. The maximum atomic E-state index is 13.1. The minimum atomic E-state index is -1.06. The Hall–Kier alpha value is -1.49. The van der Waals surface area contributed by atoms with Crippen molar-refractivity contribution in [3.05, 3.63) is 46.1 Å². The first-order valence-corrected chi connectivity index (χ1v) is 11.5. The summed E-state index contributed by atoms with van der Waals surface area (Å²) >= 11 is 5.85. The monoisotopic (exact) mass is 748 g/mol. The first-order valence-electron chi connectivity index (χ1n) is 8.30. The smallest absolute Gasteiger partial charge is 0.345 e. The molecule has 0 heterocycles. The fourth-order valence-electron chi connectivity index (χ4n) is 2.48. The second kappa shape index (κ2) is 10.7. The molecule has 0 bridgehead atoms. The zero-order valence-corrected chi connectivity index (χ0v) is 22.1. The van der Waals surface area contributed by atoms with Gasteiger partial charge in [0.05, 0.1) is 34.1 Å². The van der Waals surface area contributed by atoms with Crippen molar-refractivity contribution in [3.63, 3.8) is 0 Å². The van der Waals surface area contributed by atoms with Crippen LogP contribution in [0.2, 0.25) is 0 Å². The number of esters is 1. The van der Waals surface area contributed by atoms with Gasteiger partial charge < -0.3 is 20.5 Å². The topological polar surface area (TPSA) is 122 Å². The van der Waals surface area contributed by atoms with Crippen LogP contribution in [0.25, 0.3) is 0 Å². The van der Waals surface area contributed by atoms with Gasteiger partial charge in [-0.2, -0.15) is 0 Å². The van der Waals surface area contributed by atoms with E-state index in [1.165, 1.54) is 19.9 Å². The van der Waals surface area contributed by atoms with Crippen LogP contribution in [0, 0.1) is 10.7 Å². The first kappa shape index (κ1) is 24.8. The lowest BCUT2D eigenvalue weighted by Crippen LogP contribution is -2.20. The molecule has 0 aliphatic heterocycles. The van der Waals surface area contributed by atoms with Gasteiger partial charge in [-0.1, -0.05) is 18.2 Å². The number of nitrogens with one attached hydrogen (secondary N) is 2. The van der Waals surface area contributed by atoms with Gasteiger partial charge in [-0.15, -0.1) is 0 Å². The van der Waals surface area contributed by atoms with Crippen LogP contribution in [-0.4, -0.2) is 28.9 Å². The molecule has 8 nitrogen and oxygen atoms in total. The molecule has 2 aromatic carbocycles. The van der Waals surface area contributed by atoms with Crippen LogP contribution in [-0.2, 0) is 20.8 Å². The molecule has 30 heavy (non-hydrogen) atoms. The second-order valence-corrected chi connectivity index (χ2v) is 9.23. The zero-order valence-electron chi connectivity index (χ0n) is 15.6. The minimum absolute atomic E-state index is 0.122. The molecule has 0 atom stereocenters. The summed E-state index contributed by atoms with van der Waals surface area (Å²) in [7, 11) is 0. The predicted molar refractivity (Wildman–Crippen MR) is 136 cm³/mol. The van der Waals surface area contributed by atoms with Crippen molar-refractivity contribution in [1.82, 2.24) is 0 Å². The number of amides is 2. The maximum Gasteiger partial charge on any atom is 0.345 e. The summed E-state index contributed by atoms with van der Waals surface area (Å²) in [4.78, 5) is 47.5. The van der Waals surface area contributed by atoms with Gasteiger partial charge in [-0.25, -0.2) is 4.79 Å². The molecule has 0 radical (unpaired) electrons. The van der Waals surface area contributed by atoms with Gasteiger partial charge in [0.25, 0.3) is 0 Å². The van der Waals surface area contributed by atoms with E-state index in [1.54, 1.807) is 18.2 Å². The molecule has 158 valence electrons. The Labute approximate surface area is 212 Å². The summed E-state index contributed by atoms with van der Waals surface area (Å²) in [6.07, 6.45) is -0.307. The Kier molecular flexibility index (Phi) is 8.84. The molecular weight excluding hydrogens is 733 g/mol. The minimum Gasteiger partial charge on any atom is -0.481 e. The summed E-state index contributed by atoms with van der Waals surface area (Å²) in [5.74, 6) is -2.36. The van der Waals surface area contributed by atoms with Gasteiger partial charge in [0.15, 0.2) is 0 Å². The number of hydrogen-bond acceptors (Lipinski definition) is 5. The van der Waals surface area contributed by atoms with E-state index in [2.05, 4.69) is 10.6 Å². The third-order valence-electron chi connectivity index (χ3n) is 3.64. The number of carbonyl (C=O) groups excluding carboxylic acids is 3. The number of para-hydroxylation sites is 1. The van der Waals surface area contributed by atoms with E-state index in [0.717, 1.165) is 0 Å². The lowest BCUT2D eigenvalue weighted by atomic mass is 10.1. The fourth-order valence-corrected chi connectivity index (χ4v) is 6.62. The van der Waals surface area contributed by atoms with Crippen molar-refractivity contribution in [2.45, 2.75) is 20.3 Å². The van der Waals surface area contributed by atoms with E-state index in [-0.39, 0.29) is 29.5 Å². The number of hydrogen-bond donors (Lipinski definition) is 3. The quantitative estimate of drug-likeness (QED) is 0.231. The van der Waals surface area contributed by atoms with Gasteiger partial charge in [-0.05, 0) is 73.8 Å². The van der Waals surface area contributed by atoms with Crippen LogP contribution in [0.1, 0.15) is 29.8 Å². The van der Waals surface area contributed by atoms with Crippen molar-refractivity contribution < 1.29 is 29.0 Å². The van der Waals surface area contributed by atoms with E-state index in [1.807, 2.05) is 67.8 Å². The normalized spacial score (nSPS) is 10.3. The lowest BCUT2D eigenvalue weighted by molar-refractivity contribution is -0.136. The highest BCUT2D eigenvalue weighted by Gasteiger charge is 2.27. The Morgan fingerprint density at radius 1 is 0.900 bits per heavy atom. The number of aliphatic carboxylic acids is 1.